The zero-order valence-corrected chi connectivity index (χ0v) is 16.4. The van der Waals surface area contributed by atoms with Gasteiger partial charge in [-0.2, -0.15) is 5.10 Å². The quantitative estimate of drug-likeness (QED) is 0.632. The van der Waals surface area contributed by atoms with Crippen molar-refractivity contribution in [3.05, 3.63) is 82.0 Å². The van der Waals surface area contributed by atoms with Gasteiger partial charge in [-0.05, 0) is 49.6 Å². The molecular formula is C24H23N3O2. The lowest BCUT2D eigenvalue weighted by Crippen LogP contribution is -2.22. The van der Waals surface area contributed by atoms with Crippen LogP contribution in [0.25, 0.3) is 0 Å². The van der Waals surface area contributed by atoms with Crippen LogP contribution in [0.2, 0.25) is 0 Å². The summed E-state index contributed by atoms with van der Waals surface area (Å²) >= 11 is 0. The molecule has 0 spiro atoms. The summed E-state index contributed by atoms with van der Waals surface area (Å²) in [5.41, 5.74) is 2.87. The van der Waals surface area contributed by atoms with Gasteiger partial charge >= 0.3 is 0 Å². The highest BCUT2D eigenvalue weighted by Crippen LogP contribution is 2.27. The van der Waals surface area contributed by atoms with Crippen molar-refractivity contribution in [2.24, 2.45) is 5.92 Å². The van der Waals surface area contributed by atoms with Crippen molar-refractivity contribution >= 4 is 0 Å². The molecule has 5 nitrogen and oxygen atoms in total. The number of hydrogen-bond acceptors (Lipinski definition) is 3. The largest absolute Gasteiger partial charge is 0.471 e. The minimum absolute atomic E-state index is 0.0805. The third-order valence-corrected chi connectivity index (χ3v) is 4.52. The Kier molecular flexibility index (Phi) is 6.55. The van der Waals surface area contributed by atoms with E-state index < -0.39 is 0 Å². The van der Waals surface area contributed by atoms with Crippen molar-refractivity contribution in [1.29, 1.82) is 0 Å². The lowest BCUT2D eigenvalue weighted by Gasteiger charge is -2.13. The van der Waals surface area contributed by atoms with Crippen molar-refractivity contribution in [1.82, 2.24) is 14.3 Å². The second kappa shape index (κ2) is 9.48. The molecule has 0 N–H and O–H groups in total. The van der Waals surface area contributed by atoms with E-state index in [0.29, 0.717) is 18.2 Å². The van der Waals surface area contributed by atoms with Gasteiger partial charge in [-0.15, -0.1) is 12.8 Å². The third-order valence-electron chi connectivity index (χ3n) is 4.52. The standard InChI is InChI=1S/C22H21N3O2.C2H2/c1-17-13-21(27-16-24-12-2-11-23-24)14-22(26)25(17)15-20-9-7-19(8-10-20)6-5-18-3-4-18;1-2/h2,7-14,18H,3-4,15-16H2,1H3;1-2H. The molecule has 1 aromatic carbocycles. The molecule has 1 fully saturated rings. The summed E-state index contributed by atoms with van der Waals surface area (Å²) < 4.78 is 9.06. The molecule has 0 aliphatic heterocycles. The van der Waals surface area contributed by atoms with Crippen molar-refractivity contribution in [2.75, 3.05) is 0 Å². The lowest BCUT2D eigenvalue weighted by atomic mass is 10.1. The molecule has 0 radical (unpaired) electrons. The van der Waals surface area contributed by atoms with E-state index in [4.69, 9.17) is 4.74 Å². The van der Waals surface area contributed by atoms with Gasteiger partial charge in [0, 0.05) is 35.6 Å². The van der Waals surface area contributed by atoms with Gasteiger partial charge in [0.25, 0.3) is 5.56 Å². The van der Waals surface area contributed by atoms with Gasteiger partial charge in [0.15, 0.2) is 6.73 Å². The van der Waals surface area contributed by atoms with E-state index in [0.717, 1.165) is 16.8 Å². The first-order chi connectivity index (χ1) is 14.2. The molecular weight excluding hydrogens is 362 g/mol. The number of terminal acetylenes is 1. The van der Waals surface area contributed by atoms with Gasteiger partial charge in [-0.1, -0.05) is 24.0 Å². The summed E-state index contributed by atoms with van der Waals surface area (Å²) in [6, 6.07) is 13.3. The first-order valence-electron chi connectivity index (χ1n) is 9.43. The van der Waals surface area contributed by atoms with E-state index in [2.05, 4.69) is 29.8 Å². The van der Waals surface area contributed by atoms with E-state index in [-0.39, 0.29) is 12.3 Å². The molecule has 5 heteroatoms. The van der Waals surface area contributed by atoms with Crippen LogP contribution in [-0.2, 0) is 13.3 Å². The van der Waals surface area contributed by atoms with E-state index in [1.807, 2.05) is 49.5 Å². The van der Waals surface area contributed by atoms with Gasteiger partial charge < -0.3 is 9.30 Å². The molecule has 1 saturated carbocycles. The van der Waals surface area contributed by atoms with Crippen LogP contribution in [0, 0.1) is 37.5 Å². The van der Waals surface area contributed by atoms with Gasteiger partial charge in [-0.3, -0.25) is 4.79 Å². The Morgan fingerprint density at radius 1 is 1.21 bits per heavy atom. The molecule has 3 aromatic rings. The van der Waals surface area contributed by atoms with Crippen LogP contribution in [0.15, 0.2) is 59.7 Å². The summed E-state index contributed by atoms with van der Waals surface area (Å²) in [6.45, 7) is 2.72. The molecule has 0 atom stereocenters. The fourth-order valence-electron chi connectivity index (χ4n) is 2.79. The minimum Gasteiger partial charge on any atom is -0.471 e. The van der Waals surface area contributed by atoms with Crippen LogP contribution in [0.5, 0.6) is 5.75 Å². The molecule has 4 rings (SSSR count). The first-order valence-corrected chi connectivity index (χ1v) is 9.43. The number of aryl methyl sites for hydroxylation is 1. The smallest absolute Gasteiger partial charge is 0.254 e. The average Bonchev–Trinajstić information content (AvgIpc) is 3.42. The van der Waals surface area contributed by atoms with Gasteiger partial charge in [0.05, 0.1) is 6.54 Å². The second-order valence-electron chi connectivity index (χ2n) is 6.82. The Morgan fingerprint density at radius 3 is 2.59 bits per heavy atom. The van der Waals surface area contributed by atoms with Crippen LogP contribution in [-0.4, -0.2) is 14.3 Å². The maximum Gasteiger partial charge on any atom is 0.254 e. The van der Waals surface area contributed by atoms with Crippen molar-refractivity contribution in [3.63, 3.8) is 0 Å². The zero-order chi connectivity index (χ0) is 20.6. The number of nitrogens with zero attached hydrogens (tertiary/aromatic N) is 3. The van der Waals surface area contributed by atoms with Crippen LogP contribution in [0.4, 0.5) is 0 Å². The molecule has 1 aliphatic carbocycles. The number of ether oxygens (including phenoxy) is 1. The van der Waals surface area contributed by atoms with Gasteiger partial charge in [-0.25, -0.2) is 4.68 Å². The molecule has 0 amide bonds. The van der Waals surface area contributed by atoms with E-state index in [1.165, 1.54) is 18.9 Å². The van der Waals surface area contributed by atoms with Crippen molar-refractivity contribution < 1.29 is 4.74 Å². The molecule has 0 unspecified atom stereocenters. The average molecular weight is 385 g/mol. The number of rotatable bonds is 5. The zero-order valence-electron chi connectivity index (χ0n) is 16.4. The Balaban J connectivity index is 0.00000117. The number of hydrogen-bond donors (Lipinski definition) is 0. The summed E-state index contributed by atoms with van der Waals surface area (Å²) in [5, 5.41) is 4.08. The summed E-state index contributed by atoms with van der Waals surface area (Å²) in [4.78, 5) is 12.5. The van der Waals surface area contributed by atoms with E-state index >= 15 is 0 Å². The predicted molar refractivity (Wildman–Crippen MR) is 113 cm³/mol. The molecule has 2 aromatic heterocycles. The van der Waals surface area contributed by atoms with E-state index in [1.54, 1.807) is 15.4 Å². The molecule has 1 aliphatic rings. The van der Waals surface area contributed by atoms with Crippen LogP contribution in [0.1, 0.15) is 29.7 Å². The third kappa shape index (κ3) is 5.64. The normalized spacial score (nSPS) is 12.2. The molecule has 0 saturated heterocycles. The Labute approximate surface area is 171 Å². The minimum atomic E-state index is -0.0805. The highest BCUT2D eigenvalue weighted by molar-refractivity contribution is 5.37. The van der Waals surface area contributed by atoms with E-state index in [9.17, 15) is 4.79 Å². The summed E-state index contributed by atoms with van der Waals surface area (Å²) in [7, 11) is 0. The molecule has 29 heavy (non-hydrogen) atoms. The Hall–Kier alpha value is -3.70. The maximum absolute atomic E-state index is 12.5. The van der Waals surface area contributed by atoms with Crippen LogP contribution < -0.4 is 10.3 Å². The predicted octanol–water partition coefficient (Wildman–Crippen LogP) is 3.45. The molecule has 0 bridgehead atoms. The SMILES string of the molecule is C#C.Cc1cc(OCn2cccn2)cc(=O)n1Cc1ccc(C#CC2CC2)cc1. The number of benzene rings is 1. The number of aromatic nitrogens is 3. The van der Waals surface area contributed by atoms with Crippen molar-refractivity contribution in [2.45, 2.75) is 33.0 Å². The summed E-state index contributed by atoms with van der Waals surface area (Å²) in [6.07, 6.45) is 14.0. The maximum atomic E-state index is 12.5. The summed E-state index contributed by atoms with van der Waals surface area (Å²) in [5.74, 6) is 7.62. The van der Waals surface area contributed by atoms with Gasteiger partial charge in [0.1, 0.15) is 5.75 Å². The lowest BCUT2D eigenvalue weighted by molar-refractivity contribution is 0.220. The highest BCUT2D eigenvalue weighted by atomic mass is 16.5. The number of pyridine rings is 1. The monoisotopic (exact) mass is 385 g/mol. The van der Waals surface area contributed by atoms with Gasteiger partial charge in [0.2, 0.25) is 0 Å². The first kappa shape index (κ1) is 20.0. The van der Waals surface area contributed by atoms with Crippen LogP contribution in [0.3, 0.4) is 0 Å². The molecule has 146 valence electrons. The highest BCUT2D eigenvalue weighted by Gasteiger charge is 2.17. The second-order valence-corrected chi connectivity index (χ2v) is 6.82. The fourth-order valence-corrected chi connectivity index (χ4v) is 2.79. The Bertz CT molecular complexity index is 1080. The fraction of sp³-hybridized carbons (Fsp3) is 0.250. The van der Waals surface area contributed by atoms with Crippen LogP contribution >= 0.6 is 0 Å². The Morgan fingerprint density at radius 2 is 1.97 bits per heavy atom. The topological polar surface area (TPSA) is 49.1 Å². The molecule has 2 heterocycles. The van der Waals surface area contributed by atoms with Crippen molar-refractivity contribution in [3.8, 4) is 30.4 Å².